The minimum Gasteiger partial charge on any atom is -0.497 e. The predicted molar refractivity (Wildman–Crippen MR) is 105 cm³/mol. The molecule has 27 heavy (non-hydrogen) atoms. The molecular weight excluding hydrogens is 393 g/mol. The Bertz CT molecular complexity index is 1000. The van der Waals surface area contributed by atoms with Crippen molar-refractivity contribution in [2.24, 2.45) is 0 Å². The first kappa shape index (κ1) is 18.7. The van der Waals surface area contributed by atoms with Gasteiger partial charge < -0.3 is 15.4 Å². The highest BCUT2D eigenvalue weighted by Crippen LogP contribution is 2.35. The van der Waals surface area contributed by atoms with Crippen LogP contribution in [-0.4, -0.2) is 22.0 Å². The largest absolute Gasteiger partial charge is 0.497 e. The molecule has 2 N–H and O–H groups in total. The molecule has 0 amide bonds. The van der Waals surface area contributed by atoms with E-state index >= 15 is 0 Å². The van der Waals surface area contributed by atoms with Crippen LogP contribution in [0.5, 0.6) is 5.75 Å². The highest BCUT2D eigenvalue weighted by molar-refractivity contribution is 6.35. The number of halogens is 2. The summed E-state index contributed by atoms with van der Waals surface area (Å²) in [7, 11) is 1.53. The first-order valence-electron chi connectivity index (χ1n) is 7.60. The third-order valence-electron chi connectivity index (χ3n) is 3.52. The van der Waals surface area contributed by atoms with Gasteiger partial charge in [0.2, 0.25) is 11.6 Å². The fourth-order valence-corrected chi connectivity index (χ4v) is 2.63. The van der Waals surface area contributed by atoms with Crippen molar-refractivity contribution in [3.8, 4) is 5.75 Å². The molecule has 0 aliphatic carbocycles. The normalized spacial score (nSPS) is 10.3. The fraction of sp³-hybridized carbons (Fsp3) is 0.0588. The number of ether oxygens (including phenoxy) is 1. The molecule has 0 unspecified atom stereocenters. The zero-order valence-corrected chi connectivity index (χ0v) is 15.5. The highest BCUT2D eigenvalue weighted by atomic mass is 35.5. The van der Waals surface area contributed by atoms with Crippen LogP contribution in [-0.2, 0) is 0 Å². The van der Waals surface area contributed by atoms with Gasteiger partial charge >= 0.3 is 5.69 Å². The molecule has 1 heterocycles. The lowest BCUT2D eigenvalue weighted by atomic mass is 10.3. The second-order valence-electron chi connectivity index (χ2n) is 5.28. The van der Waals surface area contributed by atoms with Gasteiger partial charge in [-0.15, -0.1) is 0 Å². The third kappa shape index (κ3) is 4.36. The van der Waals surface area contributed by atoms with Crippen LogP contribution in [0.15, 0.2) is 48.8 Å². The molecule has 8 nitrogen and oxygen atoms in total. The van der Waals surface area contributed by atoms with Crippen molar-refractivity contribution >= 4 is 51.9 Å². The Morgan fingerprint density at radius 3 is 2.52 bits per heavy atom. The van der Waals surface area contributed by atoms with Crippen LogP contribution in [0.4, 0.5) is 28.7 Å². The lowest BCUT2D eigenvalue weighted by molar-refractivity contribution is -0.383. The van der Waals surface area contributed by atoms with Gasteiger partial charge in [0, 0.05) is 16.8 Å². The van der Waals surface area contributed by atoms with E-state index in [1.54, 1.807) is 42.5 Å². The van der Waals surface area contributed by atoms with Crippen LogP contribution >= 0.6 is 23.2 Å². The molecule has 138 valence electrons. The molecule has 0 radical (unpaired) electrons. The third-order valence-corrected chi connectivity index (χ3v) is 4.08. The molecular formula is C17H13Cl2N5O3. The van der Waals surface area contributed by atoms with E-state index in [2.05, 4.69) is 20.6 Å². The number of nitrogens with one attached hydrogen (secondary N) is 2. The van der Waals surface area contributed by atoms with Crippen LogP contribution in [0.2, 0.25) is 10.0 Å². The topological polar surface area (TPSA) is 102 Å². The van der Waals surface area contributed by atoms with Gasteiger partial charge in [0.25, 0.3) is 0 Å². The maximum atomic E-state index is 11.7. The summed E-state index contributed by atoms with van der Waals surface area (Å²) in [5.74, 6) is 0.592. The summed E-state index contributed by atoms with van der Waals surface area (Å²) >= 11 is 12.1. The number of hydrogen-bond acceptors (Lipinski definition) is 7. The van der Waals surface area contributed by atoms with E-state index in [4.69, 9.17) is 27.9 Å². The van der Waals surface area contributed by atoms with Gasteiger partial charge in [-0.25, -0.2) is 9.97 Å². The molecule has 1 aromatic heterocycles. The molecule has 0 atom stereocenters. The van der Waals surface area contributed by atoms with Gasteiger partial charge in [-0.3, -0.25) is 10.1 Å². The number of hydrogen-bond donors (Lipinski definition) is 2. The quantitative estimate of drug-likeness (QED) is 0.429. The molecule has 10 heteroatoms. The minimum absolute atomic E-state index is 0.0175. The fourth-order valence-electron chi connectivity index (χ4n) is 2.29. The Labute approximate surface area is 164 Å². The van der Waals surface area contributed by atoms with Crippen LogP contribution in [0, 0.1) is 10.1 Å². The maximum Gasteiger partial charge on any atom is 0.353 e. The van der Waals surface area contributed by atoms with E-state index in [1.807, 2.05) is 0 Å². The maximum absolute atomic E-state index is 11.7. The molecule has 0 saturated heterocycles. The van der Waals surface area contributed by atoms with E-state index in [0.717, 1.165) is 0 Å². The predicted octanol–water partition coefficient (Wildman–Crippen LogP) is 5.19. The number of nitrogens with zero attached hydrogens (tertiary/aromatic N) is 3. The van der Waals surface area contributed by atoms with Gasteiger partial charge in [0.1, 0.15) is 12.1 Å². The second-order valence-corrected chi connectivity index (χ2v) is 6.13. The van der Waals surface area contributed by atoms with Crippen molar-refractivity contribution in [2.75, 3.05) is 17.7 Å². The van der Waals surface area contributed by atoms with Gasteiger partial charge in [-0.1, -0.05) is 29.3 Å². The molecule has 0 saturated carbocycles. The summed E-state index contributed by atoms with van der Waals surface area (Å²) in [6.45, 7) is 0. The van der Waals surface area contributed by atoms with Crippen molar-refractivity contribution in [1.82, 2.24) is 9.97 Å². The summed E-state index contributed by atoms with van der Waals surface area (Å²) in [4.78, 5) is 19.0. The summed E-state index contributed by atoms with van der Waals surface area (Å²) in [5.41, 5.74) is 0.623. The number of methoxy groups -OCH3 is 1. The van der Waals surface area contributed by atoms with Crippen molar-refractivity contribution < 1.29 is 9.66 Å². The number of anilines is 4. The SMILES string of the molecule is COc1cccc(Nc2ncnc(Nc3cc(Cl)ccc3Cl)c2[N+](=O)[O-])c1. The Balaban J connectivity index is 1.99. The van der Waals surface area contributed by atoms with E-state index < -0.39 is 4.92 Å². The Morgan fingerprint density at radius 2 is 1.81 bits per heavy atom. The smallest absolute Gasteiger partial charge is 0.353 e. The average Bonchev–Trinajstić information content (AvgIpc) is 2.65. The molecule has 3 aromatic rings. The molecule has 3 rings (SSSR count). The van der Waals surface area contributed by atoms with Crippen molar-refractivity contribution in [3.63, 3.8) is 0 Å². The zero-order valence-electron chi connectivity index (χ0n) is 13.9. The van der Waals surface area contributed by atoms with Crippen molar-refractivity contribution in [1.29, 1.82) is 0 Å². The average molecular weight is 406 g/mol. The summed E-state index contributed by atoms with van der Waals surface area (Å²) in [5, 5.41) is 18.2. The Kier molecular flexibility index (Phi) is 5.58. The molecule has 0 aliphatic heterocycles. The summed E-state index contributed by atoms with van der Waals surface area (Å²) in [6, 6.07) is 11.7. The Hall–Kier alpha value is -3.10. The standard InChI is InChI=1S/C17H13Cl2N5O3/c1-27-12-4-2-3-11(8-12)22-16-15(24(25)26)17(21-9-20-16)23-14-7-10(18)5-6-13(14)19/h2-9H,1H3,(H2,20,21,22,23). The summed E-state index contributed by atoms with van der Waals surface area (Å²) < 4.78 is 5.15. The Morgan fingerprint density at radius 1 is 1.07 bits per heavy atom. The van der Waals surface area contributed by atoms with E-state index in [-0.39, 0.29) is 17.3 Å². The van der Waals surface area contributed by atoms with E-state index in [0.29, 0.717) is 27.2 Å². The number of nitro groups is 1. The van der Waals surface area contributed by atoms with Gasteiger partial charge in [0.15, 0.2) is 0 Å². The first-order valence-corrected chi connectivity index (χ1v) is 8.36. The molecule has 0 bridgehead atoms. The summed E-state index contributed by atoms with van der Waals surface area (Å²) in [6.07, 6.45) is 1.20. The van der Waals surface area contributed by atoms with Crippen LogP contribution in [0.25, 0.3) is 0 Å². The highest BCUT2D eigenvalue weighted by Gasteiger charge is 2.24. The van der Waals surface area contributed by atoms with Gasteiger partial charge in [-0.05, 0) is 30.3 Å². The number of aromatic nitrogens is 2. The van der Waals surface area contributed by atoms with E-state index in [9.17, 15) is 10.1 Å². The number of benzene rings is 2. The van der Waals surface area contributed by atoms with Crippen molar-refractivity contribution in [2.45, 2.75) is 0 Å². The molecule has 2 aromatic carbocycles. The minimum atomic E-state index is -0.580. The monoisotopic (exact) mass is 405 g/mol. The molecule has 0 aliphatic rings. The van der Waals surface area contributed by atoms with Crippen LogP contribution < -0.4 is 15.4 Å². The first-order chi connectivity index (χ1) is 13.0. The van der Waals surface area contributed by atoms with E-state index in [1.165, 1.54) is 13.4 Å². The molecule has 0 fully saturated rings. The second kappa shape index (κ2) is 8.07. The van der Waals surface area contributed by atoms with Gasteiger partial charge in [-0.2, -0.15) is 0 Å². The van der Waals surface area contributed by atoms with Gasteiger partial charge in [0.05, 0.1) is 22.7 Å². The zero-order chi connectivity index (χ0) is 19.4. The van der Waals surface area contributed by atoms with Crippen LogP contribution in [0.1, 0.15) is 0 Å². The number of rotatable bonds is 6. The lowest BCUT2D eigenvalue weighted by Crippen LogP contribution is -2.05. The lowest BCUT2D eigenvalue weighted by Gasteiger charge is -2.11. The van der Waals surface area contributed by atoms with Crippen molar-refractivity contribution in [3.05, 3.63) is 69.0 Å². The van der Waals surface area contributed by atoms with Crippen LogP contribution in [0.3, 0.4) is 0 Å². The molecule has 0 spiro atoms.